The van der Waals surface area contributed by atoms with Crippen LogP contribution >= 0.6 is 0 Å². The maximum Gasteiger partial charge on any atom is 0.135 e. The summed E-state index contributed by atoms with van der Waals surface area (Å²) >= 11 is 0. The van der Waals surface area contributed by atoms with Crippen molar-refractivity contribution >= 4 is 11.0 Å². The smallest absolute Gasteiger partial charge is 0.135 e. The van der Waals surface area contributed by atoms with E-state index in [0.29, 0.717) is 24.1 Å². The Morgan fingerprint density at radius 2 is 1.56 bits per heavy atom. The molecule has 0 amide bonds. The Hall–Kier alpha value is -3.85. The molecule has 0 N–H and O–H groups in total. The second-order valence-electron chi connectivity index (χ2n) is 15.3. The monoisotopic (exact) mass is 844 g/mol. The number of fused-ring (bicyclic) bond motifs is 5. The van der Waals surface area contributed by atoms with Crippen LogP contribution in [-0.4, -0.2) is 9.97 Å². The Morgan fingerprint density at radius 1 is 0.800 bits per heavy atom. The van der Waals surface area contributed by atoms with E-state index in [9.17, 15) is 1.37 Å². The maximum absolute atomic E-state index is 9.42. The molecular formula is C46H48IrN2O-2. The third kappa shape index (κ3) is 6.54. The fourth-order valence-corrected chi connectivity index (χ4v) is 7.35. The summed E-state index contributed by atoms with van der Waals surface area (Å²) in [7, 11) is 0. The number of hydrogen-bond acceptors (Lipinski definition) is 3. The number of aryl methyl sites for hydroxylation is 2. The van der Waals surface area contributed by atoms with Crippen LogP contribution in [0.1, 0.15) is 111 Å². The summed E-state index contributed by atoms with van der Waals surface area (Å²) in [6.45, 7) is 9.15. The van der Waals surface area contributed by atoms with E-state index in [4.69, 9.17) is 12.6 Å². The summed E-state index contributed by atoms with van der Waals surface area (Å²) in [5.41, 5.74) is 8.08. The zero-order valence-corrected chi connectivity index (χ0v) is 32.0. The molecule has 4 heteroatoms. The summed E-state index contributed by atoms with van der Waals surface area (Å²) in [5.74, 6) is -0.0788. The van der Waals surface area contributed by atoms with E-state index >= 15 is 0 Å². The summed E-state index contributed by atoms with van der Waals surface area (Å²) in [5, 5.41) is 1.13. The molecule has 2 aliphatic carbocycles. The molecule has 50 heavy (non-hydrogen) atoms. The molecule has 1 saturated carbocycles. The third-order valence-corrected chi connectivity index (χ3v) is 11.2. The Labute approximate surface area is 322 Å². The van der Waals surface area contributed by atoms with Crippen molar-refractivity contribution in [2.75, 3.05) is 0 Å². The zero-order valence-electron chi connectivity index (χ0n) is 36.6. The van der Waals surface area contributed by atoms with Crippen molar-refractivity contribution in [3.63, 3.8) is 0 Å². The van der Waals surface area contributed by atoms with Crippen LogP contribution < -0.4 is 0 Å². The first-order valence-electron chi connectivity index (χ1n) is 20.7. The number of rotatable bonds is 3. The molecule has 3 aromatic heterocycles. The molecule has 0 saturated heterocycles. The summed E-state index contributed by atoms with van der Waals surface area (Å²) in [6.07, 6.45) is 5.90. The number of benzene rings is 3. The summed E-state index contributed by atoms with van der Waals surface area (Å²) < 4.78 is 62.2. The van der Waals surface area contributed by atoms with Crippen molar-refractivity contribution in [3.05, 3.63) is 131 Å². The number of furan rings is 1. The van der Waals surface area contributed by atoms with E-state index in [1.807, 2.05) is 36.4 Å². The zero-order chi connectivity index (χ0) is 40.5. The predicted octanol–water partition coefficient (Wildman–Crippen LogP) is 12.4. The van der Waals surface area contributed by atoms with Gasteiger partial charge in [-0.2, -0.15) is 0 Å². The summed E-state index contributed by atoms with van der Waals surface area (Å²) in [6, 6.07) is 31.5. The van der Waals surface area contributed by atoms with Gasteiger partial charge in [0.1, 0.15) is 11.3 Å². The molecule has 0 spiro atoms. The van der Waals surface area contributed by atoms with Gasteiger partial charge in [0.15, 0.2) is 0 Å². The van der Waals surface area contributed by atoms with Crippen LogP contribution in [0.4, 0.5) is 0 Å². The van der Waals surface area contributed by atoms with Gasteiger partial charge in [-0.15, -0.1) is 65.2 Å². The molecule has 1 fully saturated rings. The van der Waals surface area contributed by atoms with E-state index in [2.05, 4.69) is 87.9 Å². The minimum atomic E-state index is -2.33. The molecule has 0 bridgehead atoms. The molecule has 6 aromatic rings. The Bertz CT molecular complexity index is 2390. The standard InChI is InChI=1S/C34H38NO.C12H10N.Ir/c1-21-20-35-28(19-25(21)22-14-16-32(2,3)17-15-22)23-12-13-27-26(18-23)31-30(34(6,7)33(27,4)5)24-10-8-9-11-29(24)36-31;1-10-7-8-12(13-9-10)11-5-3-2-4-6-11;/h8-11,13,18-20,22H,14-17H2,1-7H3;2-5,7-9H,1H3;/q2*-1;/i1D3,22D;1D3;. The molecule has 2 aliphatic rings. The van der Waals surface area contributed by atoms with Crippen molar-refractivity contribution in [3.8, 4) is 33.8 Å². The van der Waals surface area contributed by atoms with Crippen LogP contribution in [0.5, 0.6) is 0 Å². The molecule has 1 radical (unpaired) electrons. The molecule has 3 nitrogen and oxygen atoms in total. The largest absolute Gasteiger partial charge is 0.457 e. The van der Waals surface area contributed by atoms with Gasteiger partial charge < -0.3 is 14.4 Å². The van der Waals surface area contributed by atoms with Crippen molar-refractivity contribution in [2.24, 2.45) is 5.41 Å². The fraction of sp³-hybridized carbons (Fsp3) is 0.348. The molecule has 3 heterocycles. The molecule has 8 rings (SSSR count). The first-order valence-corrected chi connectivity index (χ1v) is 17.2. The quantitative estimate of drug-likeness (QED) is 0.167. The minimum absolute atomic E-state index is 0. The maximum atomic E-state index is 9.42. The molecule has 0 unspecified atom stereocenters. The normalized spacial score (nSPS) is 20.3. The molecule has 3 aromatic carbocycles. The topological polar surface area (TPSA) is 38.9 Å². The van der Waals surface area contributed by atoms with Crippen LogP contribution in [0.3, 0.4) is 0 Å². The number of para-hydroxylation sites is 1. The van der Waals surface area contributed by atoms with Gasteiger partial charge in [0.05, 0.1) is 0 Å². The molecule has 0 aliphatic heterocycles. The number of nitrogens with zero attached hydrogens (tertiary/aromatic N) is 2. The third-order valence-electron chi connectivity index (χ3n) is 11.2. The van der Waals surface area contributed by atoms with Gasteiger partial charge in [-0.25, -0.2) is 0 Å². The van der Waals surface area contributed by atoms with Crippen LogP contribution in [-0.2, 0) is 30.9 Å². The average Bonchev–Trinajstić information content (AvgIpc) is 3.56. The molecule has 259 valence electrons. The average molecular weight is 844 g/mol. The van der Waals surface area contributed by atoms with Gasteiger partial charge >= 0.3 is 0 Å². The van der Waals surface area contributed by atoms with E-state index in [-0.39, 0.29) is 47.5 Å². The van der Waals surface area contributed by atoms with Gasteiger partial charge in [-0.05, 0) is 95.7 Å². The first kappa shape index (κ1) is 27.8. The Kier molecular flexibility index (Phi) is 7.62. The molecular weight excluding hydrogens is 789 g/mol. The van der Waals surface area contributed by atoms with Gasteiger partial charge in [0.2, 0.25) is 0 Å². The molecule has 0 atom stereocenters. The SMILES string of the molecule is [2H]C([2H])([2H])c1ccc(-c2[c-]cccc2)nc1.[2H]C([2H])([2H])c1cnc(-c2[c-]cc3c(c2)-c2oc4ccccc4c2C(C)(C)C3(C)C)cc1C1([2H])CCC(C)(C)CC1.[Ir]. The van der Waals surface area contributed by atoms with Crippen LogP contribution in [0.25, 0.3) is 44.8 Å². The van der Waals surface area contributed by atoms with E-state index in [1.165, 1.54) is 23.5 Å². The number of aromatic nitrogens is 2. The van der Waals surface area contributed by atoms with Gasteiger partial charge in [0.25, 0.3) is 0 Å². The Balaban J connectivity index is 0.000000271. The number of hydrogen-bond donors (Lipinski definition) is 0. The second-order valence-corrected chi connectivity index (χ2v) is 15.3. The minimum Gasteiger partial charge on any atom is -0.457 e. The Morgan fingerprint density at radius 3 is 2.26 bits per heavy atom. The van der Waals surface area contributed by atoms with E-state index in [0.717, 1.165) is 52.0 Å². The number of pyridine rings is 2. The van der Waals surface area contributed by atoms with Gasteiger partial charge in [0, 0.05) is 53.0 Å². The van der Waals surface area contributed by atoms with Crippen molar-refractivity contribution in [1.82, 2.24) is 9.97 Å². The summed E-state index contributed by atoms with van der Waals surface area (Å²) in [4.78, 5) is 8.76. The van der Waals surface area contributed by atoms with Gasteiger partial charge in [-0.3, -0.25) is 0 Å². The van der Waals surface area contributed by atoms with Crippen molar-refractivity contribution in [2.45, 2.75) is 97.7 Å². The van der Waals surface area contributed by atoms with Gasteiger partial charge in [-0.1, -0.05) is 83.5 Å². The van der Waals surface area contributed by atoms with Crippen LogP contribution in [0.2, 0.25) is 0 Å². The fourth-order valence-electron chi connectivity index (χ4n) is 7.35. The van der Waals surface area contributed by atoms with Crippen molar-refractivity contribution < 1.29 is 34.1 Å². The predicted molar refractivity (Wildman–Crippen MR) is 203 cm³/mol. The van der Waals surface area contributed by atoms with E-state index < -0.39 is 19.6 Å². The van der Waals surface area contributed by atoms with Crippen LogP contribution in [0.15, 0.2) is 95.7 Å². The van der Waals surface area contributed by atoms with Crippen molar-refractivity contribution in [1.29, 1.82) is 0 Å². The van der Waals surface area contributed by atoms with E-state index in [1.54, 1.807) is 18.2 Å². The first-order chi connectivity index (χ1) is 26.1. The van der Waals surface area contributed by atoms with Crippen LogP contribution in [0, 0.1) is 31.3 Å². The second kappa shape index (κ2) is 13.7.